The standard InChI is InChI=1S/C37H51BrN4O/c1-5-16-37(7-3)29-12-11-28(24-32(29)42-31-10-8-9-30(38)33(31)34(43)40-35(37)42)27(6-2)15-23-41(4)25-26-13-17-36(18-14-26)19-21-39-22-20-36/h8-12,24,26-27,39H,5-7,13-23,25H2,1-4H3. The van der Waals surface area contributed by atoms with E-state index in [1.54, 1.807) is 0 Å². The molecule has 0 amide bonds. The number of nitrogens with zero attached hydrogens (tertiary/aromatic N) is 3. The van der Waals surface area contributed by atoms with Crippen LogP contribution in [0.15, 0.2) is 45.7 Å². The minimum Gasteiger partial charge on any atom is -0.317 e. The van der Waals surface area contributed by atoms with Gasteiger partial charge in [0.2, 0.25) is 0 Å². The van der Waals surface area contributed by atoms with Gasteiger partial charge in [0.1, 0.15) is 5.82 Å². The summed E-state index contributed by atoms with van der Waals surface area (Å²) >= 11 is 3.65. The van der Waals surface area contributed by atoms with Crippen LogP contribution in [0.2, 0.25) is 0 Å². The van der Waals surface area contributed by atoms with Crippen LogP contribution in [0.1, 0.15) is 114 Å². The molecule has 6 heteroatoms. The van der Waals surface area contributed by atoms with Crippen molar-refractivity contribution in [3.63, 3.8) is 0 Å². The lowest BCUT2D eigenvalue weighted by Gasteiger charge is -2.43. The molecule has 2 aromatic carbocycles. The number of fused-ring (bicyclic) bond motifs is 5. The van der Waals surface area contributed by atoms with Crippen LogP contribution in [-0.4, -0.2) is 47.7 Å². The van der Waals surface area contributed by atoms with Crippen LogP contribution in [-0.2, 0) is 5.41 Å². The highest BCUT2D eigenvalue weighted by Gasteiger charge is 2.44. The largest absolute Gasteiger partial charge is 0.317 e. The van der Waals surface area contributed by atoms with E-state index in [2.05, 4.69) is 82.8 Å². The summed E-state index contributed by atoms with van der Waals surface area (Å²) in [7, 11) is 2.34. The second-order valence-corrected chi connectivity index (χ2v) is 14.9. The summed E-state index contributed by atoms with van der Waals surface area (Å²) in [6.45, 7) is 11.6. The molecule has 1 saturated heterocycles. The number of hydrogen-bond acceptors (Lipinski definition) is 4. The normalized spacial score (nSPS) is 22.3. The van der Waals surface area contributed by atoms with Gasteiger partial charge in [-0.25, -0.2) is 0 Å². The fourth-order valence-electron chi connectivity index (χ4n) is 8.95. The number of aromatic nitrogens is 2. The van der Waals surface area contributed by atoms with Gasteiger partial charge in [-0.15, -0.1) is 0 Å². The van der Waals surface area contributed by atoms with Gasteiger partial charge < -0.3 is 10.2 Å². The molecule has 3 aliphatic rings. The molecule has 1 aliphatic carbocycles. The first-order chi connectivity index (χ1) is 20.8. The predicted molar refractivity (Wildman–Crippen MR) is 183 cm³/mol. The topological polar surface area (TPSA) is 50.2 Å². The Kier molecular flexibility index (Phi) is 9.20. The second kappa shape index (κ2) is 12.8. The summed E-state index contributed by atoms with van der Waals surface area (Å²) in [5.41, 5.74) is 5.21. The van der Waals surface area contributed by atoms with Crippen molar-refractivity contribution in [3.05, 3.63) is 68.2 Å². The Hall–Kier alpha value is -2.02. The molecule has 6 rings (SSSR count). The van der Waals surface area contributed by atoms with Crippen LogP contribution in [0.4, 0.5) is 0 Å². The van der Waals surface area contributed by atoms with Gasteiger partial charge in [-0.05, 0) is 153 Å². The van der Waals surface area contributed by atoms with Gasteiger partial charge in [-0.1, -0.05) is 45.4 Å². The third kappa shape index (κ3) is 5.66. The number of halogens is 1. The first kappa shape index (κ1) is 31.0. The van der Waals surface area contributed by atoms with Crippen LogP contribution >= 0.6 is 15.9 Å². The van der Waals surface area contributed by atoms with E-state index >= 15 is 0 Å². The van der Waals surface area contributed by atoms with Crippen molar-refractivity contribution >= 4 is 26.8 Å². The lowest BCUT2D eigenvalue weighted by molar-refractivity contribution is 0.0915. The summed E-state index contributed by atoms with van der Waals surface area (Å²) in [5, 5.41) is 4.24. The number of piperidine rings is 1. The van der Waals surface area contributed by atoms with Crippen molar-refractivity contribution in [2.75, 3.05) is 33.2 Å². The highest BCUT2D eigenvalue weighted by atomic mass is 79.9. The van der Waals surface area contributed by atoms with Gasteiger partial charge in [0.15, 0.2) is 0 Å². The Morgan fingerprint density at radius 2 is 1.86 bits per heavy atom. The summed E-state index contributed by atoms with van der Waals surface area (Å²) in [4.78, 5) is 20.8. The van der Waals surface area contributed by atoms with Crippen molar-refractivity contribution in [2.24, 2.45) is 11.3 Å². The molecule has 0 bridgehead atoms. The van der Waals surface area contributed by atoms with Gasteiger partial charge in [-0.2, -0.15) is 4.98 Å². The lowest BCUT2D eigenvalue weighted by Crippen LogP contribution is -2.40. The minimum absolute atomic E-state index is 0.131. The fraction of sp³-hybridized carbons (Fsp3) is 0.622. The molecule has 3 aromatic rings. The molecule has 43 heavy (non-hydrogen) atoms. The van der Waals surface area contributed by atoms with Crippen molar-refractivity contribution in [1.29, 1.82) is 0 Å². The number of rotatable bonds is 10. The van der Waals surface area contributed by atoms with E-state index in [-0.39, 0.29) is 11.0 Å². The Labute approximate surface area is 267 Å². The maximum atomic E-state index is 13.3. The fourth-order valence-corrected chi connectivity index (χ4v) is 9.47. The molecule has 2 aliphatic heterocycles. The van der Waals surface area contributed by atoms with E-state index in [1.807, 2.05) is 12.1 Å². The van der Waals surface area contributed by atoms with Crippen LogP contribution in [0.5, 0.6) is 0 Å². The van der Waals surface area contributed by atoms with Gasteiger partial charge in [-0.3, -0.25) is 9.36 Å². The van der Waals surface area contributed by atoms with E-state index in [0.717, 1.165) is 54.0 Å². The van der Waals surface area contributed by atoms with Gasteiger partial charge >= 0.3 is 0 Å². The summed E-state index contributed by atoms with van der Waals surface area (Å²) in [6, 6.07) is 13.3. The van der Waals surface area contributed by atoms with Crippen molar-refractivity contribution < 1.29 is 0 Å². The van der Waals surface area contributed by atoms with Crippen LogP contribution in [0, 0.1) is 11.3 Å². The lowest BCUT2D eigenvalue weighted by atomic mass is 9.66. The highest BCUT2D eigenvalue weighted by molar-refractivity contribution is 9.10. The van der Waals surface area contributed by atoms with Crippen molar-refractivity contribution in [3.8, 4) is 5.69 Å². The molecule has 0 radical (unpaired) electrons. The zero-order chi connectivity index (χ0) is 30.2. The van der Waals surface area contributed by atoms with Gasteiger partial charge in [0, 0.05) is 11.0 Å². The molecular weight excluding hydrogens is 596 g/mol. The predicted octanol–water partition coefficient (Wildman–Crippen LogP) is 8.33. The third-order valence-corrected chi connectivity index (χ3v) is 12.2. The number of benzene rings is 2. The Morgan fingerprint density at radius 1 is 1.09 bits per heavy atom. The molecule has 2 fully saturated rings. The van der Waals surface area contributed by atoms with E-state index in [4.69, 9.17) is 4.98 Å². The minimum atomic E-state index is -0.229. The summed E-state index contributed by atoms with van der Waals surface area (Å²) in [6.07, 6.45) is 13.7. The monoisotopic (exact) mass is 646 g/mol. The third-order valence-electron chi connectivity index (χ3n) is 11.6. The Bertz CT molecular complexity index is 1500. The maximum absolute atomic E-state index is 13.3. The van der Waals surface area contributed by atoms with Crippen molar-refractivity contribution in [1.82, 2.24) is 19.8 Å². The highest BCUT2D eigenvalue weighted by Crippen LogP contribution is 2.49. The number of hydrogen-bond donors (Lipinski definition) is 1. The molecule has 3 heterocycles. The van der Waals surface area contributed by atoms with Crippen LogP contribution < -0.4 is 10.9 Å². The second-order valence-electron chi connectivity index (χ2n) is 14.0. The van der Waals surface area contributed by atoms with Crippen LogP contribution in [0.25, 0.3) is 16.6 Å². The average molecular weight is 648 g/mol. The van der Waals surface area contributed by atoms with Gasteiger partial charge in [0.25, 0.3) is 5.56 Å². The molecule has 2 atom stereocenters. The van der Waals surface area contributed by atoms with Crippen LogP contribution in [0.3, 0.4) is 0 Å². The van der Waals surface area contributed by atoms with E-state index in [0.29, 0.717) is 16.7 Å². The molecule has 1 N–H and O–H groups in total. The quantitative estimate of drug-likeness (QED) is 0.241. The maximum Gasteiger partial charge on any atom is 0.281 e. The zero-order valence-electron chi connectivity index (χ0n) is 26.9. The zero-order valence-corrected chi connectivity index (χ0v) is 28.4. The summed E-state index contributed by atoms with van der Waals surface area (Å²) in [5.74, 6) is 2.28. The molecule has 5 nitrogen and oxygen atoms in total. The first-order valence-electron chi connectivity index (χ1n) is 17.1. The molecule has 2 unspecified atom stereocenters. The first-order valence-corrected chi connectivity index (χ1v) is 17.9. The molecular formula is C37H51BrN4O. The SMILES string of the molecule is CCCC1(CC)c2ccc(C(CC)CCN(C)CC3CCC4(CCNCC4)CC3)cc2-n2c1nc(=O)c1c(Br)cccc12. The molecule has 1 saturated carbocycles. The Balaban J connectivity index is 1.23. The van der Waals surface area contributed by atoms with E-state index in [1.165, 1.54) is 81.4 Å². The van der Waals surface area contributed by atoms with Gasteiger partial charge in [0.05, 0.1) is 22.0 Å². The number of nitrogens with one attached hydrogen (secondary N) is 1. The molecule has 232 valence electrons. The smallest absolute Gasteiger partial charge is 0.281 e. The van der Waals surface area contributed by atoms with E-state index in [9.17, 15) is 4.79 Å². The molecule has 1 spiro atoms. The van der Waals surface area contributed by atoms with Crippen molar-refractivity contribution in [2.45, 2.75) is 103 Å². The van der Waals surface area contributed by atoms with E-state index < -0.39 is 0 Å². The average Bonchev–Trinajstić information content (AvgIpc) is 3.28. The Morgan fingerprint density at radius 3 is 2.56 bits per heavy atom. The molecule has 1 aromatic heterocycles. The summed E-state index contributed by atoms with van der Waals surface area (Å²) < 4.78 is 3.13.